The van der Waals surface area contributed by atoms with E-state index in [4.69, 9.17) is 4.74 Å². The summed E-state index contributed by atoms with van der Waals surface area (Å²) >= 11 is 0. The standard InChI is InChI=1S/C15H15NO4/c1-20-12-4-2-3-11(9-12)16-15(19)8-10-5-6-13(17)14(18)7-10/h2-7,9,17-18H,8H2,1H3,(H,16,19). The maximum Gasteiger partial charge on any atom is 0.228 e. The molecule has 0 heterocycles. The summed E-state index contributed by atoms with van der Waals surface area (Å²) in [5.41, 5.74) is 1.25. The largest absolute Gasteiger partial charge is 0.504 e. The molecule has 0 aliphatic rings. The molecule has 3 N–H and O–H groups in total. The van der Waals surface area contributed by atoms with Crippen molar-refractivity contribution in [1.82, 2.24) is 0 Å². The second kappa shape index (κ2) is 5.97. The van der Waals surface area contributed by atoms with E-state index >= 15 is 0 Å². The van der Waals surface area contributed by atoms with Gasteiger partial charge in [0.1, 0.15) is 5.75 Å². The third-order valence-electron chi connectivity index (χ3n) is 2.76. The van der Waals surface area contributed by atoms with E-state index in [0.717, 1.165) is 0 Å². The molecule has 0 radical (unpaired) electrons. The molecule has 2 aromatic rings. The van der Waals surface area contributed by atoms with Crippen LogP contribution in [-0.4, -0.2) is 23.2 Å². The monoisotopic (exact) mass is 273 g/mol. The van der Waals surface area contributed by atoms with Crippen LogP contribution in [0.15, 0.2) is 42.5 Å². The summed E-state index contributed by atoms with van der Waals surface area (Å²) in [4.78, 5) is 11.9. The highest BCUT2D eigenvalue weighted by atomic mass is 16.5. The minimum absolute atomic E-state index is 0.102. The molecule has 2 aromatic carbocycles. The van der Waals surface area contributed by atoms with Crippen LogP contribution in [0.1, 0.15) is 5.56 Å². The Hall–Kier alpha value is -2.69. The molecule has 1 amide bonds. The number of rotatable bonds is 4. The molecule has 0 saturated heterocycles. The van der Waals surface area contributed by atoms with Gasteiger partial charge in [-0.25, -0.2) is 0 Å². The maximum absolute atomic E-state index is 11.9. The molecule has 0 fully saturated rings. The third kappa shape index (κ3) is 3.41. The topological polar surface area (TPSA) is 78.8 Å². The normalized spacial score (nSPS) is 10.1. The fourth-order valence-corrected chi connectivity index (χ4v) is 1.77. The van der Waals surface area contributed by atoms with E-state index in [1.54, 1.807) is 37.4 Å². The van der Waals surface area contributed by atoms with Crippen LogP contribution in [0.5, 0.6) is 17.2 Å². The van der Waals surface area contributed by atoms with Gasteiger partial charge in [0.05, 0.1) is 13.5 Å². The number of hydrogen-bond acceptors (Lipinski definition) is 4. The number of benzene rings is 2. The number of hydrogen-bond donors (Lipinski definition) is 3. The second-order valence-electron chi connectivity index (χ2n) is 4.28. The highest BCUT2D eigenvalue weighted by Gasteiger charge is 2.07. The predicted octanol–water partition coefficient (Wildman–Crippen LogP) is 2.29. The van der Waals surface area contributed by atoms with E-state index in [0.29, 0.717) is 17.0 Å². The van der Waals surface area contributed by atoms with Gasteiger partial charge in [-0.3, -0.25) is 4.79 Å². The molecular weight excluding hydrogens is 258 g/mol. The quantitative estimate of drug-likeness (QED) is 0.747. The van der Waals surface area contributed by atoms with Gasteiger partial charge in [0.15, 0.2) is 11.5 Å². The van der Waals surface area contributed by atoms with Gasteiger partial charge in [0.25, 0.3) is 0 Å². The molecule has 0 aliphatic heterocycles. The molecule has 0 aliphatic carbocycles. The Bertz CT molecular complexity index is 625. The second-order valence-corrected chi connectivity index (χ2v) is 4.28. The zero-order chi connectivity index (χ0) is 14.5. The molecule has 0 spiro atoms. The Morgan fingerprint density at radius 2 is 1.95 bits per heavy atom. The highest BCUT2D eigenvalue weighted by Crippen LogP contribution is 2.25. The first kappa shape index (κ1) is 13.7. The van der Waals surface area contributed by atoms with Gasteiger partial charge in [-0.1, -0.05) is 12.1 Å². The van der Waals surface area contributed by atoms with Gasteiger partial charge in [0.2, 0.25) is 5.91 Å². The van der Waals surface area contributed by atoms with E-state index < -0.39 is 0 Å². The lowest BCUT2D eigenvalue weighted by atomic mass is 10.1. The minimum atomic E-state index is -0.239. The molecule has 0 saturated carbocycles. The van der Waals surface area contributed by atoms with E-state index in [1.165, 1.54) is 12.1 Å². The van der Waals surface area contributed by atoms with Crippen LogP contribution in [0.3, 0.4) is 0 Å². The van der Waals surface area contributed by atoms with Crippen molar-refractivity contribution in [1.29, 1.82) is 0 Å². The SMILES string of the molecule is COc1cccc(NC(=O)Cc2ccc(O)c(O)c2)c1. The van der Waals surface area contributed by atoms with Crippen molar-refractivity contribution in [2.75, 3.05) is 12.4 Å². The molecule has 2 rings (SSSR count). The number of phenols is 2. The van der Waals surface area contributed by atoms with Crippen LogP contribution < -0.4 is 10.1 Å². The number of ether oxygens (including phenoxy) is 1. The summed E-state index contributed by atoms with van der Waals surface area (Å²) in [6.45, 7) is 0. The zero-order valence-electron chi connectivity index (χ0n) is 11.0. The number of amides is 1. The van der Waals surface area contributed by atoms with Crippen LogP contribution in [0.4, 0.5) is 5.69 Å². The van der Waals surface area contributed by atoms with Crippen LogP contribution in [0, 0.1) is 0 Å². The van der Waals surface area contributed by atoms with Crippen molar-refractivity contribution in [3.05, 3.63) is 48.0 Å². The van der Waals surface area contributed by atoms with Crippen LogP contribution >= 0.6 is 0 Å². The Labute approximate surface area is 116 Å². The van der Waals surface area contributed by atoms with Crippen molar-refractivity contribution < 1.29 is 19.7 Å². The number of aromatic hydroxyl groups is 2. The van der Waals surface area contributed by atoms with Gasteiger partial charge >= 0.3 is 0 Å². The van der Waals surface area contributed by atoms with Crippen molar-refractivity contribution in [3.63, 3.8) is 0 Å². The van der Waals surface area contributed by atoms with Crippen LogP contribution in [0.2, 0.25) is 0 Å². The number of phenolic OH excluding ortho intramolecular Hbond substituents is 2. The lowest BCUT2D eigenvalue weighted by molar-refractivity contribution is -0.115. The number of methoxy groups -OCH3 is 1. The van der Waals surface area contributed by atoms with Gasteiger partial charge in [-0.2, -0.15) is 0 Å². The van der Waals surface area contributed by atoms with Gasteiger partial charge in [-0.15, -0.1) is 0 Å². The van der Waals surface area contributed by atoms with E-state index in [-0.39, 0.29) is 23.8 Å². The average molecular weight is 273 g/mol. The fourth-order valence-electron chi connectivity index (χ4n) is 1.77. The van der Waals surface area contributed by atoms with Gasteiger partial charge in [0, 0.05) is 11.8 Å². The third-order valence-corrected chi connectivity index (χ3v) is 2.76. The van der Waals surface area contributed by atoms with Crippen molar-refractivity contribution in [2.24, 2.45) is 0 Å². The summed E-state index contributed by atoms with van der Waals surface area (Å²) in [6.07, 6.45) is 0.102. The van der Waals surface area contributed by atoms with E-state index in [1.807, 2.05) is 0 Å². The molecule has 5 heteroatoms. The molecule has 5 nitrogen and oxygen atoms in total. The molecule has 20 heavy (non-hydrogen) atoms. The molecule has 0 bridgehead atoms. The lowest BCUT2D eigenvalue weighted by Gasteiger charge is -2.07. The fraction of sp³-hybridized carbons (Fsp3) is 0.133. The Kier molecular flexibility index (Phi) is 4.10. The predicted molar refractivity (Wildman–Crippen MR) is 75.1 cm³/mol. The number of carbonyl (C=O) groups excluding carboxylic acids is 1. The summed E-state index contributed by atoms with van der Waals surface area (Å²) in [5.74, 6) is -0.00736. The number of anilines is 1. The molecular formula is C15H15NO4. The first-order valence-electron chi connectivity index (χ1n) is 6.03. The number of nitrogens with one attached hydrogen (secondary N) is 1. The maximum atomic E-state index is 11.9. The Balaban J connectivity index is 2.03. The Morgan fingerprint density at radius 3 is 2.65 bits per heavy atom. The van der Waals surface area contributed by atoms with Crippen molar-refractivity contribution in [3.8, 4) is 17.2 Å². The van der Waals surface area contributed by atoms with E-state index in [2.05, 4.69) is 5.32 Å². The van der Waals surface area contributed by atoms with Gasteiger partial charge < -0.3 is 20.3 Å². The molecule has 0 aromatic heterocycles. The van der Waals surface area contributed by atoms with Crippen molar-refractivity contribution in [2.45, 2.75) is 6.42 Å². The average Bonchev–Trinajstić information content (AvgIpc) is 2.43. The first-order valence-corrected chi connectivity index (χ1v) is 6.03. The summed E-state index contributed by atoms with van der Waals surface area (Å²) in [7, 11) is 1.56. The van der Waals surface area contributed by atoms with Gasteiger partial charge in [-0.05, 0) is 29.8 Å². The summed E-state index contributed by atoms with van der Waals surface area (Å²) in [5, 5.41) is 21.3. The Morgan fingerprint density at radius 1 is 1.15 bits per heavy atom. The molecule has 0 atom stereocenters. The summed E-state index contributed by atoms with van der Waals surface area (Å²) < 4.78 is 5.07. The highest BCUT2D eigenvalue weighted by molar-refractivity contribution is 5.92. The zero-order valence-corrected chi connectivity index (χ0v) is 11.0. The molecule has 0 unspecified atom stereocenters. The van der Waals surface area contributed by atoms with Crippen LogP contribution in [0.25, 0.3) is 0 Å². The smallest absolute Gasteiger partial charge is 0.228 e. The first-order chi connectivity index (χ1) is 9.58. The molecule has 104 valence electrons. The lowest BCUT2D eigenvalue weighted by Crippen LogP contribution is -2.14. The van der Waals surface area contributed by atoms with Crippen LogP contribution in [-0.2, 0) is 11.2 Å². The number of carbonyl (C=O) groups is 1. The minimum Gasteiger partial charge on any atom is -0.504 e. The van der Waals surface area contributed by atoms with E-state index in [9.17, 15) is 15.0 Å². The van der Waals surface area contributed by atoms with Crippen molar-refractivity contribution >= 4 is 11.6 Å². The summed E-state index contributed by atoms with van der Waals surface area (Å²) in [6, 6.07) is 11.3.